The Balaban J connectivity index is 2.00. The van der Waals surface area contributed by atoms with Gasteiger partial charge in [0.05, 0.1) is 0 Å². The molecule has 0 spiro atoms. The number of carbonyl (C=O) groups is 1. The largest absolute Gasteiger partial charge is 0.444 e. The first-order valence-corrected chi connectivity index (χ1v) is 11.1. The molecule has 0 saturated heterocycles. The van der Waals surface area contributed by atoms with Gasteiger partial charge in [-0.2, -0.15) is 11.8 Å². The summed E-state index contributed by atoms with van der Waals surface area (Å²) in [5, 5.41) is 11.6. The molecule has 6 nitrogen and oxygen atoms in total. The lowest BCUT2D eigenvalue weighted by Crippen LogP contribution is -2.35. The fraction of sp³-hybridized carbons (Fsp3) is 0.526. The van der Waals surface area contributed by atoms with Crippen LogP contribution in [0.2, 0.25) is 0 Å². The molecule has 8 heteroatoms. The van der Waals surface area contributed by atoms with Crippen LogP contribution >= 0.6 is 23.5 Å². The minimum absolute atomic E-state index is 0.367. The number of benzene rings is 1. The number of rotatable bonds is 8. The van der Waals surface area contributed by atoms with Crippen molar-refractivity contribution in [1.82, 2.24) is 15.5 Å². The molecule has 1 aromatic carbocycles. The number of nitrogens with zero attached hydrogens (tertiary/aromatic N) is 2. The molecule has 1 amide bonds. The summed E-state index contributed by atoms with van der Waals surface area (Å²) < 4.78 is 11.1. The minimum atomic E-state index is -0.558. The average Bonchev–Trinajstić information content (AvgIpc) is 3.04. The van der Waals surface area contributed by atoms with Crippen molar-refractivity contribution in [2.45, 2.75) is 56.7 Å². The van der Waals surface area contributed by atoms with Crippen molar-refractivity contribution < 1.29 is 13.9 Å². The first-order valence-electron chi connectivity index (χ1n) is 8.77. The number of aromatic nitrogens is 2. The molecule has 0 radical (unpaired) electrons. The summed E-state index contributed by atoms with van der Waals surface area (Å²) in [5.41, 5.74) is 1.86. The van der Waals surface area contributed by atoms with Gasteiger partial charge in [0.1, 0.15) is 11.6 Å². The Morgan fingerprint density at radius 2 is 2.11 bits per heavy atom. The van der Waals surface area contributed by atoms with Crippen LogP contribution in [0.3, 0.4) is 0 Å². The van der Waals surface area contributed by atoms with E-state index >= 15 is 0 Å². The number of ether oxygens (including phenoxy) is 1. The molecule has 0 fully saturated rings. The molecular formula is C19H27N3O3S2. The van der Waals surface area contributed by atoms with E-state index in [-0.39, 0.29) is 6.04 Å². The number of amides is 1. The van der Waals surface area contributed by atoms with Gasteiger partial charge >= 0.3 is 6.09 Å². The van der Waals surface area contributed by atoms with Gasteiger partial charge in [-0.1, -0.05) is 41.6 Å². The molecule has 0 aliphatic heterocycles. The Labute approximate surface area is 169 Å². The fourth-order valence-electron chi connectivity index (χ4n) is 2.31. The number of nitrogens with one attached hydrogen (secondary N) is 1. The second kappa shape index (κ2) is 10.0. The predicted molar refractivity (Wildman–Crippen MR) is 110 cm³/mol. The number of alkyl carbamates (subject to hydrolysis) is 1. The molecule has 0 aliphatic rings. The van der Waals surface area contributed by atoms with Gasteiger partial charge in [0.15, 0.2) is 0 Å². The molecule has 1 N–H and O–H groups in total. The molecule has 1 heterocycles. The van der Waals surface area contributed by atoms with Crippen LogP contribution in [0.1, 0.15) is 50.3 Å². The third kappa shape index (κ3) is 7.84. The van der Waals surface area contributed by atoms with Crippen molar-refractivity contribution in [1.29, 1.82) is 0 Å². The van der Waals surface area contributed by atoms with Crippen molar-refractivity contribution in [3.8, 4) is 0 Å². The Morgan fingerprint density at radius 1 is 1.33 bits per heavy atom. The average molecular weight is 410 g/mol. The van der Waals surface area contributed by atoms with E-state index in [0.717, 1.165) is 11.5 Å². The smallest absolute Gasteiger partial charge is 0.408 e. The fourth-order valence-corrected chi connectivity index (χ4v) is 3.49. The maximum absolute atomic E-state index is 12.1. The summed E-state index contributed by atoms with van der Waals surface area (Å²) in [6.07, 6.45) is 2.22. The van der Waals surface area contributed by atoms with E-state index in [9.17, 15) is 4.79 Å². The van der Waals surface area contributed by atoms with Crippen LogP contribution in [-0.2, 0) is 10.5 Å². The normalized spacial score (nSPS) is 12.6. The Morgan fingerprint density at radius 3 is 2.78 bits per heavy atom. The van der Waals surface area contributed by atoms with E-state index in [2.05, 4.69) is 40.6 Å². The Bertz CT molecular complexity index is 744. The number of aryl methyl sites for hydroxylation is 1. The van der Waals surface area contributed by atoms with Crippen LogP contribution in [-0.4, -0.2) is 33.9 Å². The van der Waals surface area contributed by atoms with Gasteiger partial charge in [-0.05, 0) is 51.7 Å². The lowest BCUT2D eigenvalue weighted by molar-refractivity contribution is 0.0493. The lowest BCUT2D eigenvalue weighted by atomic mass is 10.2. The van der Waals surface area contributed by atoms with Gasteiger partial charge in [-0.3, -0.25) is 0 Å². The SMILES string of the molecule is CSCC[C@H](NC(=O)OC(C)(C)C)c1nnc(SCc2cccc(C)c2)o1. The first kappa shape index (κ1) is 21.6. The summed E-state index contributed by atoms with van der Waals surface area (Å²) in [7, 11) is 0. The summed E-state index contributed by atoms with van der Waals surface area (Å²) in [5.74, 6) is 2.01. The van der Waals surface area contributed by atoms with Gasteiger partial charge in [-0.25, -0.2) is 4.79 Å². The van der Waals surface area contributed by atoms with Gasteiger partial charge in [0.2, 0.25) is 5.89 Å². The summed E-state index contributed by atoms with van der Waals surface area (Å²) in [6.45, 7) is 7.56. The van der Waals surface area contributed by atoms with E-state index in [1.54, 1.807) is 11.8 Å². The maximum atomic E-state index is 12.1. The highest BCUT2D eigenvalue weighted by Crippen LogP contribution is 2.25. The number of thioether (sulfide) groups is 2. The maximum Gasteiger partial charge on any atom is 0.408 e. The highest BCUT2D eigenvalue weighted by atomic mass is 32.2. The molecule has 0 saturated carbocycles. The standard InChI is InChI=1S/C19H27N3O3S2/c1-13-7-6-8-14(11-13)12-27-18-22-21-16(24-18)15(9-10-26-5)20-17(23)25-19(2,3)4/h6-8,11,15H,9-10,12H2,1-5H3,(H,20,23)/t15-/m0/s1. The Hall–Kier alpha value is -1.67. The molecule has 0 bridgehead atoms. The molecule has 0 unspecified atom stereocenters. The van der Waals surface area contributed by atoms with Gasteiger partial charge in [0, 0.05) is 5.75 Å². The number of carbonyl (C=O) groups excluding carboxylic acids is 1. The van der Waals surface area contributed by atoms with E-state index in [0.29, 0.717) is 17.5 Å². The van der Waals surface area contributed by atoms with Crippen molar-refractivity contribution >= 4 is 29.6 Å². The molecule has 0 aliphatic carbocycles. The van der Waals surface area contributed by atoms with Crippen molar-refractivity contribution in [2.24, 2.45) is 0 Å². The third-order valence-electron chi connectivity index (χ3n) is 3.47. The molecular weight excluding hydrogens is 382 g/mol. The van der Waals surface area contributed by atoms with Crippen molar-refractivity contribution in [2.75, 3.05) is 12.0 Å². The van der Waals surface area contributed by atoms with Crippen LogP contribution in [0.15, 0.2) is 33.9 Å². The zero-order valence-electron chi connectivity index (χ0n) is 16.4. The predicted octanol–water partition coefficient (Wildman–Crippen LogP) is 4.99. The van der Waals surface area contributed by atoms with Crippen molar-refractivity contribution in [3.63, 3.8) is 0 Å². The zero-order valence-corrected chi connectivity index (χ0v) is 18.1. The molecule has 148 valence electrons. The summed E-state index contributed by atoms with van der Waals surface area (Å²) in [4.78, 5) is 12.1. The summed E-state index contributed by atoms with van der Waals surface area (Å²) >= 11 is 3.18. The molecule has 27 heavy (non-hydrogen) atoms. The van der Waals surface area contributed by atoms with Gasteiger partial charge < -0.3 is 14.5 Å². The van der Waals surface area contributed by atoms with Crippen molar-refractivity contribution in [3.05, 3.63) is 41.3 Å². The highest BCUT2D eigenvalue weighted by molar-refractivity contribution is 7.98. The number of hydrogen-bond donors (Lipinski definition) is 1. The van der Waals surface area contributed by atoms with E-state index in [1.807, 2.05) is 33.1 Å². The second-order valence-electron chi connectivity index (χ2n) is 7.16. The quantitative estimate of drug-likeness (QED) is 0.615. The highest BCUT2D eigenvalue weighted by Gasteiger charge is 2.24. The van der Waals surface area contributed by atoms with E-state index < -0.39 is 11.7 Å². The Kier molecular flexibility index (Phi) is 8.04. The van der Waals surface area contributed by atoms with Gasteiger partial charge in [-0.15, -0.1) is 10.2 Å². The zero-order chi connectivity index (χ0) is 19.9. The topological polar surface area (TPSA) is 77.2 Å². The van der Waals surface area contributed by atoms with Crippen LogP contribution in [0.4, 0.5) is 4.79 Å². The van der Waals surface area contributed by atoms with E-state index in [4.69, 9.17) is 9.15 Å². The molecule has 2 rings (SSSR count). The van der Waals surface area contributed by atoms with E-state index in [1.165, 1.54) is 22.9 Å². The second-order valence-corrected chi connectivity index (χ2v) is 9.08. The minimum Gasteiger partial charge on any atom is -0.444 e. The molecule has 1 atom stereocenters. The number of hydrogen-bond acceptors (Lipinski definition) is 7. The van der Waals surface area contributed by atoms with Crippen LogP contribution < -0.4 is 5.32 Å². The summed E-state index contributed by atoms with van der Waals surface area (Å²) in [6, 6.07) is 7.94. The van der Waals surface area contributed by atoms with Gasteiger partial charge in [0.25, 0.3) is 5.22 Å². The monoisotopic (exact) mass is 409 g/mol. The molecule has 2 aromatic rings. The van der Waals surface area contributed by atoms with Crippen LogP contribution in [0.25, 0.3) is 0 Å². The first-order chi connectivity index (χ1) is 12.8. The van der Waals surface area contributed by atoms with Crippen LogP contribution in [0.5, 0.6) is 0 Å². The third-order valence-corrected chi connectivity index (χ3v) is 5.00. The lowest BCUT2D eigenvalue weighted by Gasteiger charge is -2.22. The molecule has 1 aromatic heterocycles. The van der Waals surface area contributed by atoms with Crippen LogP contribution in [0, 0.1) is 6.92 Å².